The highest BCUT2D eigenvalue weighted by molar-refractivity contribution is 7.47. The maximum Gasteiger partial charge on any atom is 0.472 e. The minimum Gasteiger partial charge on any atom is -0.462 e. The van der Waals surface area contributed by atoms with Crippen LogP contribution >= 0.6 is 15.6 Å². The highest BCUT2D eigenvalue weighted by atomic mass is 31.2. The van der Waals surface area contributed by atoms with E-state index in [1.165, 1.54) is 122 Å². The van der Waals surface area contributed by atoms with Crippen molar-refractivity contribution in [1.29, 1.82) is 0 Å². The Balaban J connectivity index is 5.18. The fourth-order valence-electron chi connectivity index (χ4n) is 9.32. The van der Waals surface area contributed by atoms with E-state index >= 15 is 0 Å². The quantitative estimate of drug-likeness (QED) is 0.0222. The Morgan fingerprint density at radius 3 is 0.927 bits per heavy atom. The van der Waals surface area contributed by atoms with Gasteiger partial charge in [-0.2, -0.15) is 0 Å². The van der Waals surface area contributed by atoms with Gasteiger partial charge in [-0.05, 0) is 37.5 Å². The van der Waals surface area contributed by atoms with Crippen LogP contribution in [0, 0.1) is 11.8 Å². The predicted molar refractivity (Wildman–Crippen MR) is 326 cm³/mol. The third kappa shape index (κ3) is 55.9. The molecule has 0 aliphatic carbocycles. The lowest BCUT2D eigenvalue weighted by molar-refractivity contribution is -0.161. The van der Waals surface area contributed by atoms with Crippen LogP contribution in [0.15, 0.2) is 0 Å². The number of hydrogen-bond acceptors (Lipinski definition) is 15. The molecular weight excluding hydrogens is 1090 g/mol. The number of phosphoric acid groups is 2. The molecule has 0 radical (unpaired) electrons. The molecule has 0 amide bonds. The largest absolute Gasteiger partial charge is 0.472 e. The summed E-state index contributed by atoms with van der Waals surface area (Å²) in [4.78, 5) is 71.9. The third-order valence-corrected chi connectivity index (χ3v) is 16.7. The van der Waals surface area contributed by atoms with Gasteiger partial charge in [-0.25, -0.2) is 9.13 Å². The first-order valence-corrected chi connectivity index (χ1v) is 36.0. The molecular formula is C63H122O17P2. The molecule has 82 heavy (non-hydrogen) atoms. The molecule has 0 rings (SSSR count). The summed E-state index contributed by atoms with van der Waals surface area (Å²) >= 11 is 0. The van der Waals surface area contributed by atoms with Crippen molar-refractivity contribution < 1.29 is 80.2 Å². The molecule has 3 N–H and O–H groups in total. The molecule has 0 aromatic rings. The smallest absolute Gasteiger partial charge is 0.462 e. The number of phosphoric ester groups is 2. The monoisotopic (exact) mass is 1210 g/mol. The number of ether oxygens (including phenoxy) is 4. The molecule has 0 fully saturated rings. The van der Waals surface area contributed by atoms with E-state index in [2.05, 4.69) is 41.5 Å². The van der Waals surface area contributed by atoms with Crippen molar-refractivity contribution in [3.63, 3.8) is 0 Å². The summed E-state index contributed by atoms with van der Waals surface area (Å²) in [7, 11) is -9.88. The molecule has 0 aromatic heterocycles. The van der Waals surface area contributed by atoms with E-state index in [-0.39, 0.29) is 25.7 Å². The van der Waals surface area contributed by atoms with E-state index in [0.717, 1.165) is 102 Å². The van der Waals surface area contributed by atoms with Crippen molar-refractivity contribution in [3.05, 3.63) is 0 Å². The second kappa shape index (κ2) is 55.6. The topological polar surface area (TPSA) is 237 Å². The third-order valence-electron chi connectivity index (χ3n) is 14.8. The Morgan fingerprint density at radius 2 is 0.622 bits per heavy atom. The van der Waals surface area contributed by atoms with Crippen molar-refractivity contribution in [2.45, 2.75) is 330 Å². The summed E-state index contributed by atoms with van der Waals surface area (Å²) in [6, 6.07) is 0. The van der Waals surface area contributed by atoms with Gasteiger partial charge in [0.05, 0.1) is 26.4 Å². The molecule has 0 bridgehead atoms. The normalized spacial score (nSPS) is 14.7. The lowest BCUT2D eigenvalue weighted by Crippen LogP contribution is -2.30. The van der Waals surface area contributed by atoms with Crippen LogP contribution in [-0.4, -0.2) is 96.7 Å². The van der Waals surface area contributed by atoms with Gasteiger partial charge in [-0.3, -0.25) is 37.3 Å². The number of aliphatic hydroxyl groups excluding tert-OH is 1. The fraction of sp³-hybridized carbons (Fsp3) is 0.937. The van der Waals surface area contributed by atoms with Gasteiger partial charge in [0, 0.05) is 25.7 Å². The summed E-state index contributed by atoms with van der Waals surface area (Å²) in [6.45, 7) is 9.33. The van der Waals surface area contributed by atoms with E-state index in [1.807, 2.05) is 0 Å². The summed E-state index contributed by atoms with van der Waals surface area (Å²) in [5, 5.41) is 10.5. The number of aliphatic hydroxyl groups is 1. The van der Waals surface area contributed by atoms with Gasteiger partial charge in [0.2, 0.25) is 0 Å². The Morgan fingerprint density at radius 1 is 0.354 bits per heavy atom. The first-order valence-electron chi connectivity index (χ1n) is 33.0. The molecule has 17 nitrogen and oxygen atoms in total. The lowest BCUT2D eigenvalue weighted by Gasteiger charge is -2.21. The molecule has 3 unspecified atom stereocenters. The van der Waals surface area contributed by atoms with Crippen molar-refractivity contribution in [2.24, 2.45) is 11.8 Å². The van der Waals surface area contributed by atoms with Crippen molar-refractivity contribution >= 4 is 39.5 Å². The molecule has 0 saturated heterocycles. The molecule has 0 saturated carbocycles. The first kappa shape index (κ1) is 80.1. The van der Waals surface area contributed by atoms with Crippen LogP contribution in [0.25, 0.3) is 0 Å². The molecule has 19 heteroatoms. The molecule has 0 aromatic carbocycles. The minimum absolute atomic E-state index is 0.101. The molecule has 0 heterocycles. The second-order valence-corrected chi connectivity index (χ2v) is 26.4. The van der Waals surface area contributed by atoms with Gasteiger partial charge in [0.1, 0.15) is 19.3 Å². The first-order chi connectivity index (χ1) is 39.4. The van der Waals surface area contributed by atoms with E-state index in [0.29, 0.717) is 31.6 Å². The zero-order valence-corrected chi connectivity index (χ0v) is 54.6. The highest BCUT2D eigenvalue weighted by Gasteiger charge is 2.30. The van der Waals surface area contributed by atoms with Crippen LogP contribution in [0.5, 0.6) is 0 Å². The number of rotatable bonds is 62. The maximum absolute atomic E-state index is 13.0. The average Bonchev–Trinajstić information content (AvgIpc) is 3.46. The van der Waals surface area contributed by atoms with Gasteiger partial charge in [0.15, 0.2) is 12.2 Å². The summed E-state index contributed by atoms with van der Waals surface area (Å²) in [6.07, 6.45) is 38.0. The summed E-state index contributed by atoms with van der Waals surface area (Å²) in [5.74, 6) is -0.676. The molecule has 486 valence electrons. The van der Waals surface area contributed by atoms with E-state index in [4.69, 9.17) is 37.0 Å². The van der Waals surface area contributed by atoms with Gasteiger partial charge >= 0.3 is 39.5 Å². The Labute approximate surface area is 498 Å². The average molecular weight is 1210 g/mol. The Hall–Kier alpha value is -1.94. The van der Waals surface area contributed by atoms with E-state index in [1.54, 1.807) is 0 Å². The number of carbonyl (C=O) groups is 4. The number of carbonyl (C=O) groups excluding carboxylic acids is 4. The summed E-state index contributed by atoms with van der Waals surface area (Å²) < 4.78 is 67.7. The van der Waals surface area contributed by atoms with Gasteiger partial charge < -0.3 is 33.8 Å². The second-order valence-electron chi connectivity index (χ2n) is 23.5. The van der Waals surface area contributed by atoms with Crippen LogP contribution in [-0.2, 0) is 65.4 Å². The SMILES string of the molecule is CCCCCCCCCCCCCCCCC(=O)OC[C@H](COP(=O)(O)OC[C@@H](O)COP(=O)(O)OC[C@@H](COC(=O)CCCCCCC)OC(=O)CCCCCCCCC(C)C)OC(=O)CCCCCCCCCCCCC(C)CC. The zero-order valence-electron chi connectivity index (χ0n) is 52.8. The Bertz CT molecular complexity index is 1620. The predicted octanol–water partition coefficient (Wildman–Crippen LogP) is 17.3. The fourth-order valence-corrected chi connectivity index (χ4v) is 10.9. The van der Waals surface area contributed by atoms with Crippen LogP contribution < -0.4 is 0 Å². The van der Waals surface area contributed by atoms with Crippen molar-refractivity contribution in [1.82, 2.24) is 0 Å². The number of hydrogen-bond donors (Lipinski definition) is 3. The van der Waals surface area contributed by atoms with Crippen molar-refractivity contribution in [3.8, 4) is 0 Å². The standard InChI is InChI=1S/C63H122O17P2/c1-7-10-12-14-15-16-17-18-19-20-24-27-34-40-46-61(66)74-52-59(79-62(67)47-41-35-28-25-22-21-23-26-33-38-44-56(6)9-3)54-78-82(71,72)76-50-57(64)49-75-81(69,70)77-53-58(51-73-60(65)45-39-31-13-11-8-2)80-63(68)48-42-36-30-29-32-37-43-55(4)5/h55-59,64H,7-54H2,1-6H3,(H,69,70)(H,71,72)/t56?,57-,58+,59+/m0/s1. The maximum atomic E-state index is 13.0. The number of esters is 4. The van der Waals surface area contributed by atoms with Crippen LogP contribution in [0.3, 0.4) is 0 Å². The highest BCUT2D eigenvalue weighted by Crippen LogP contribution is 2.45. The van der Waals surface area contributed by atoms with Gasteiger partial charge in [-0.1, -0.05) is 260 Å². The van der Waals surface area contributed by atoms with Crippen LogP contribution in [0.2, 0.25) is 0 Å². The van der Waals surface area contributed by atoms with Crippen molar-refractivity contribution in [2.75, 3.05) is 39.6 Å². The van der Waals surface area contributed by atoms with E-state index in [9.17, 15) is 43.2 Å². The zero-order chi connectivity index (χ0) is 60.8. The molecule has 6 atom stereocenters. The van der Waals surface area contributed by atoms with Gasteiger partial charge in [-0.15, -0.1) is 0 Å². The Kier molecular flexibility index (Phi) is 54.3. The lowest BCUT2D eigenvalue weighted by atomic mass is 9.99. The number of unbranched alkanes of at least 4 members (excludes halogenated alkanes) is 31. The summed E-state index contributed by atoms with van der Waals surface area (Å²) in [5.41, 5.74) is 0. The molecule has 0 spiro atoms. The van der Waals surface area contributed by atoms with Crippen LogP contribution in [0.1, 0.15) is 311 Å². The van der Waals surface area contributed by atoms with Crippen LogP contribution in [0.4, 0.5) is 0 Å². The molecule has 0 aliphatic rings. The van der Waals surface area contributed by atoms with Gasteiger partial charge in [0.25, 0.3) is 0 Å². The minimum atomic E-state index is -4.94. The van der Waals surface area contributed by atoms with E-state index < -0.39 is 97.5 Å². The molecule has 0 aliphatic heterocycles.